The number of nitrogens with one attached hydrogen (secondary N) is 2. The molecule has 22 heavy (non-hydrogen) atoms. The normalized spacial score (nSPS) is 10.4. The van der Waals surface area contributed by atoms with Crippen molar-refractivity contribution in [3.05, 3.63) is 58.7 Å². The number of benzene rings is 2. The fraction of sp³-hybridized carbons (Fsp3) is 0.235. The summed E-state index contributed by atoms with van der Waals surface area (Å²) in [5, 5.41) is 5.47. The van der Waals surface area contributed by atoms with E-state index in [0.717, 1.165) is 34.5 Å². The third-order valence-electron chi connectivity index (χ3n) is 3.31. The SMILES string of the molecule is Cc1cc(C)c(NC(=O)CNc2ccc(F)cc2F)c(C)c1. The molecule has 0 aliphatic heterocycles. The topological polar surface area (TPSA) is 41.1 Å². The van der Waals surface area contributed by atoms with E-state index in [1.807, 2.05) is 32.9 Å². The molecule has 0 radical (unpaired) electrons. The Kier molecular flexibility index (Phi) is 4.75. The highest BCUT2D eigenvalue weighted by atomic mass is 19.1. The summed E-state index contributed by atoms with van der Waals surface area (Å²) in [5.41, 5.74) is 3.92. The molecule has 0 bridgehead atoms. The van der Waals surface area contributed by atoms with E-state index in [2.05, 4.69) is 10.6 Å². The minimum absolute atomic E-state index is 0.0916. The molecule has 0 aliphatic carbocycles. The second-order valence-electron chi connectivity index (χ2n) is 5.30. The van der Waals surface area contributed by atoms with Crippen LogP contribution in [0.3, 0.4) is 0 Å². The van der Waals surface area contributed by atoms with Gasteiger partial charge in [0, 0.05) is 11.8 Å². The number of aryl methyl sites for hydroxylation is 3. The predicted molar refractivity (Wildman–Crippen MR) is 84.1 cm³/mol. The first-order chi connectivity index (χ1) is 10.4. The fourth-order valence-electron chi connectivity index (χ4n) is 2.37. The molecule has 5 heteroatoms. The van der Waals surface area contributed by atoms with Gasteiger partial charge in [-0.1, -0.05) is 17.7 Å². The van der Waals surface area contributed by atoms with E-state index in [0.29, 0.717) is 0 Å². The van der Waals surface area contributed by atoms with Gasteiger partial charge in [0.05, 0.1) is 12.2 Å². The maximum atomic E-state index is 13.5. The van der Waals surface area contributed by atoms with Gasteiger partial charge in [-0.25, -0.2) is 8.78 Å². The lowest BCUT2D eigenvalue weighted by Crippen LogP contribution is -2.23. The molecule has 0 heterocycles. The zero-order valence-electron chi connectivity index (χ0n) is 12.8. The quantitative estimate of drug-likeness (QED) is 0.898. The Morgan fingerprint density at radius 2 is 1.68 bits per heavy atom. The van der Waals surface area contributed by atoms with Crippen LogP contribution in [0.2, 0.25) is 0 Å². The molecule has 0 spiro atoms. The maximum Gasteiger partial charge on any atom is 0.243 e. The average molecular weight is 304 g/mol. The zero-order chi connectivity index (χ0) is 16.3. The molecular weight excluding hydrogens is 286 g/mol. The monoisotopic (exact) mass is 304 g/mol. The van der Waals surface area contributed by atoms with E-state index in [1.54, 1.807) is 0 Å². The van der Waals surface area contributed by atoms with E-state index < -0.39 is 11.6 Å². The van der Waals surface area contributed by atoms with E-state index >= 15 is 0 Å². The van der Waals surface area contributed by atoms with Gasteiger partial charge in [0.15, 0.2) is 0 Å². The summed E-state index contributed by atoms with van der Waals surface area (Å²) in [5.74, 6) is -1.67. The number of halogens is 2. The van der Waals surface area contributed by atoms with Gasteiger partial charge in [-0.15, -0.1) is 0 Å². The molecule has 0 saturated carbocycles. The van der Waals surface area contributed by atoms with Gasteiger partial charge in [-0.3, -0.25) is 4.79 Å². The van der Waals surface area contributed by atoms with Crippen molar-refractivity contribution in [1.29, 1.82) is 0 Å². The Morgan fingerprint density at radius 3 is 2.27 bits per heavy atom. The first kappa shape index (κ1) is 15.9. The van der Waals surface area contributed by atoms with E-state index in [4.69, 9.17) is 0 Å². The summed E-state index contributed by atoms with van der Waals surface area (Å²) >= 11 is 0. The average Bonchev–Trinajstić information content (AvgIpc) is 2.42. The predicted octanol–water partition coefficient (Wildman–Crippen LogP) is 3.94. The van der Waals surface area contributed by atoms with E-state index in [9.17, 15) is 13.6 Å². The summed E-state index contributed by atoms with van der Waals surface area (Å²) in [6.45, 7) is 5.73. The van der Waals surface area contributed by atoms with Crippen LogP contribution in [0.15, 0.2) is 30.3 Å². The number of hydrogen-bond donors (Lipinski definition) is 2. The zero-order valence-corrected chi connectivity index (χ0v) is 12.8. The lowest BCUT2D eigenvalue weighted by molar-refractivity contribution is -0.114. The van der Waals surface area contributed by atoms with Gasteiger partial charge < -0.3 is 10.6 Å². The second-order valence-corrected chi connectivity index (χ2v) is 5.30. The van der Waals surface area contributed by atoms with Crippen molar-refractivity contribution in [2.45, 2.75) is 20.8 Å². The summed E-state index contributed by atoms with van der Waals surface area (Å²) in [7, 11) is 0. The van der Waals surface area contributed by atoms with Crippen LogP contribution >= 0.6 is 0 Å². The lowest BCUT2D eigenvalue weighted by Gasteiger charge is -2.13. The summed E-state index contributed by atoms with van der Waals surface area (Å²) in [4.78, 5) is 12.0. The molecule has 2 rings (SSSR count). The largest absolute Gasteiger partial charge is 0.374 e. The van der Waals surface area contributed by atoms with Crippen molar-refractivity contribution >= 4 is 17.3 Å². The van der Waals surface area contributed by atoms with Gasteiger partial charge >= 0.3 is 0 Å². The van der Waals surface area contributed by atoms with Crippen LogP contribution in [0.1, 0.15) is 16.7 Å². The summed E-state index contributed by atoms with van der Waals surface area (Å²) in [6, 6.07) is 7.14. The number of rotatable bonds is 4. The Balaban J connectivity index is 2.02. The first-order valence-corrected chi connectivity index (χ1v) is 6.93. The molecule has 1 amide bonds. The van der Waals surface area contributed by atoms with E-state index in [-0.39, 0.29) is 18.1 Å². The minimum Gasteiger partial charge on any atom is -0.374 e. The lowest BCUT2D eigenvalue weighted by atomic mass is 10.1. The maximum absolute atomic E-state index is 13.5. The van der Waals surface area contributed by atoms with Crippen molar-refractivity contribution in [3.8, 4) is 0 Å². The van der Waals surface area contributed by atoms with Crippen LogP contribution in [-0.4, -0.2) is 12.5 Å². The van der Waals surface area contributed by atoms with Crippen molar-refractivity contribution in [3.63, 3.8) is 0 Å². The van der Waals surface area contributed by atoms with Crippen LogP contribution in [0.25, 0.3) is 0 Å². The molecule has 2 N–H and O–H groups in total. The highest BCUT2D eigenvalue weighted by Crippen LogP contribution is 2.22. The smallest absolute Gasteiger partial charge is 0.243 e. The van der Waals surface area contributed by atoms with Crippen molar-refractivity contribution in [2.75, 3.05) is 17.2 Å². The van der Waals surface area contributed by atoms with Crippen LogP contribution in [0.5, 0.6) is 0 Å². The van der Waals surface area contributed by atoms with Crippen molar-refractivity contribution < 1.29 is 13.6 Å². The second kappa shape index (κ2) is 6.56. The van der Waals surface area contributed by atoms with Crippen LogP contribution in [0.4, 0.5) is 20.2 Å². The Hall–Kier alpha value is -2.43. The Bertz CT molecular complexity index is 691. The standard InChI is InChI=1S/C17H18F2N2O/c1-10-6-11(2)17(12(3)7-10)21-16(22)9-20-15-5-4-13(18)8-14(15)19/h4-8,20H,9H2,1-3H3,(H,21,22). The van der Waals surface area contributed by atoms with Gasteiger partial charge in [0.25, 0.3) is 0 Å². The van der Waals surface area contributed by atoms with Gasteiger partial charge in [0.1, 0.15) is 11.6 Å². The van der Waals surface area contributed by atoms with E-state index in [1.165, 1.54) is 6.07 Å². The van der Waals surface area contributed by atoms with Crippen molar-refractivity contribution in [1.82, 2.24) is 0 Å². The molecule has 0 saturated heterocycles. The molecule has 116 valence electrons. The number of carbonyl (C=O) groups is 1. The molecule has 0 fully saturated rings. The minimum atomic E-state index is -0.726. The third-order valence-corrected chi connectivity index (χ3v) is 3.31. The molecule has 3 nitrogen and oxygen atoms in total. The van der Waals surface area contributed by atoms with Gasteiger partial charge in [-0.2, -0.15) is 0 Å². The van der Waals surface area contributed by atoms with Crippen LogP contribution < -0.4 is 10.6 Å². The highest BCUT2D eigenvalue weighted by molar-refractivity contribution is 5.95. The van der Waals surface area contributed by atoms with Crippen LogP contribution in [-0.2, 0) is 4.79 Å². The molecule has 0 aromatic heterocycles. The molecular formula is C17H18F2N2O. The first-order valence-electron chi connectivity index (χ1n) is 6.93. The third kappa shape index (κ3) is 3.81. The molecule has 0 aliphatic rings. The van der Waals surface area contributed by atoms with Crippen LogP contribution in [0, 0.1) is 32.4 Å². The fourth-order valence-corrected chi connectivity index (χ4v) is 2.37. The number of carbonyl (C=O) groups excluding carboxylic acids is 1. The van der Waals surface area contributed by atoms with Gasteiger partial charge in [-0.05, 0) is 44.0 Å². The molecule has 2 aromatic carbocycles. The number of hydrogen-bond acceptors (Lipinski definition) is 2. The Labute approximate surface area is 128 Å². The molecule has 2 aromatic rings. The summed E-state index contributed by atoms with van der Waals surface area (Å²) < 4.78 is 26.3. The van der Waals surface area contributed by atoms with Gasteiger partial charge in [0.2, 0.25) is 5.91 Å². The highest BCUT2D eigenvalue weighted by Gasteiger charge is 2.09. The van der Waals surface area contributed by atoms with Crippen molar-refractivity contribution in [2.24, 2.45) is 0 Å². The molecule has 0 unspecified atom stereocenters. The Morgan fingerprint density at radius 1 is 1.05 bits per heavy atom. The number of anilines is 2. The summed E-state index contributed by atoms with van der Waals surface area (Å²) in [6.07, 6.45) is 0. The number of amides is 1. The molecule has 0 atom stereocenters.